The number of nitrogens with two attached hydrogens (primary N) is 1. The fourth-order valence-electron chi connectivity index (χ4n) is 1.74. The maximum atomic E-state index is 12.4. The molecule has 10 heteroatoms. The summed E-state index contributed by atoms with van der Waals surface area (Å²) >= 11 is 1.26. The van der Waals surface area contributed by atoms with E-state index in [0.29, 0.717) is 17.1 Å². The normalized spacial score (nSPS) is 11.8. The molecular weight excluding hydrogens is 319 g/mol. The van der Waals surface area contributed by atoms with E-state index < -0.39 is 12.1 Å². The number of nitrogens with zero attached hydrogens (tertiary/aromatic N) is 4. The molecule has 0 atom stereocenters. The van der Waals surface area contributed by atoms with Crippen LogP contribution in [-0.2, 0) is 12.6 Å². The number of rotatable bonds is 3. The third-order valence-corrected chi connectivity index (χ3v) is 3.83. The van der Waals surface area contributed by atoms with Crippen LogP contribution >= 0.6 is 11.3 Å². The molecule has 0 aliphatic rings. The van der Waals surface area contributed by atoms with Crippen LogP contribution in [-0.4, -0.2) is 20.3 Å². The van der Waals surface area contributed by atoms with Crippen molar-refractivity contribution in [2.24, 2.45) is 0 Å². The van der Waals surface area contributed by atoms with Crippen LogP contribution in [0.15, 0.2) is 28.9 Å². The molecular formula is C12H8F3N5OS. The van der Waals surface area contributed by atoms with Crippen LogP contribution in [0.25, 0.3) is 10.7 Å². The van der Waals surface area contributed by atoms with Crippen LogP contribution < -0.4 is 5.73 Å². The van der Waals surface area contributed by atoms with Gasteiger partial charge in [0.25, 0.3) is 0 Å². The van der Waals surface area contributed by atoms with Gasteiger partial charge in [-0.05, 0) is 18.2 Å². The second-order valence-corrected chi connectivity index (χ2v) is 5.47. The maximum Gasteiger partial charge on any atom is 0.471 e. The van der Waals surface area contributed by atoms with Crippen LogP contribution in [0.2, 0.25) is 0 Å². The van der Waals surface area contributed by atoms with Gasteiger partial charge in [0.2, 0.25) is 5.82 Å². The van der Waals surface area contributed by atoms with Gasteiger partial charge in [0, 0.05) is 16.9 Å². The Kier molecular flexibility index (Phi) is 3.53. The highest BCUT2D eigenvalue weighted by Crippen LogP contribution is 2.32. The lowest BCUT2D eigenvalue weighted by molar-refractivity contribution is -0.159. The van der Waals surface area contributed by atoms with Crippen LogP contribution in [0.3, 0.4) is 0 Å². The molecule has 0 bridgehead atoms. The van der Waals surface area contributed by atoms with Gasteiger partial charge in [0.1, 0.15) is 5.82 Å². The first kappa shape index (κ1) is 14.4. The number of thiophene rings is 1. The fourth-order valence-corrected chi connectivity index (χ4v) is 2.69. The van der Waals surface area contributed by atoms with E-state index in [4.69, 9.17) is 5.73 Å². The Morgan fingerprint density at radius 1 is 1.23 bits per heavy atom. The molecule has 6 nitrogen and oxygen atoms in total. The standard InChI is InChI=1S/C12H8F3N5OS/c13-12(14,15)11-18-10(20-21-11)8-2-1-7(22-8)5-6-3-4-17-19-9(6)16/h1-4H,5H2,(H2,16,19). The van der Waals surface area contributed by atoms with Crippen LogP contribution in [0.5, 0.6) is 0 Å². The summed E-state index contributed by atoms with van der Waals surface area (Å²) < 4.78 is 41.5. The number of nitrogen functional groups attached to an aromatic ring is 1. The Balaban J connectivity index is 1.82. The van der Waals surface area contributed by atoms with E-state index in [1.54, 1.807) is 18.2 Å². The summed E-state index contributed by atoms with van der Waals surface area (Å²) in [6, 6.07) is 5.14. The van der Waals surface area contributed by atoms with E-state index >= 15 is 0 Å². The van der Waals surface area contributed by atoms with Gasteiger partial charge in [-0.25, -0.2) is 0 Å². The molecule has 3 aromatic heterocycles. The van der Waals surface area contributed by atoms with Crippen molar-refractivity contribution in [3.05, 3.63) is 40.7 Å². The number of hydrogen-bond acceptors (Lipinski definition) is 7. The molecule has 0 spiro atoms. The molecule has 22 heavy (non-hydrogen) atoms. The SMILES string of the molecule is Nc1nnccc1Cc1ccc(-c2noc(C(F)(F)F)n2)s1. The summed E-state index contributed by atoms with van der Waals surface area (Å²) in [6.07, 6.45) is -2.63. The Labute approximate surface area is 125 Å². The van der Waals surface area contributed by atoms with Crippen LogP contribution in [0, 0.1) is 0 Å². The monoisotopic (exact) mass is 327 g/mol. The van der Waals surface area contributed by atoms with Crippen molar-refractivity contribution in [2.75, 3.05) is 5.73 Å². The number of halogens is 3. The quantitative estimate of drug-likeness (QED) is 0.795. The number of hydrogen-bond donors (Lipinski definition) is 1. The summed E-state index contributed by atoms with van der Waals surface area (Å²) in [5.74, 6) is -1.14. The molecule has 3 heterocycles. The molecule has 0 aromatic carbocycles. The molecule has 2 N–H and O–H groups in total. The molecule has 0 saturated carbocycles. The van der Waals surface area contributed by atoms with E-state index in [-0.39, 0.29) is 5.82 Å². The van der Waals surface area contributed by atoms with E-state index in [1.807, 2.05) is 0 Å². The zero-order valence-electron chi connectivity index (χ0n) is 10.8. The van der Waals surface area contributed by atoms with Gasteiger partial charge >= 0.3 is 12.1 Å². The average Bonchev–Trinajstić information content (AvgIpc) is 3.09. The van der Waals surface area contributed by atoms with E-state index in [1.165, 1.54) is 17.5 Å². The highest BCUT2D eigenvalue weighted by atomic mass is 32.1. The van der Waals surface area contributed by atoms with Gasteiger partial charge < -0.3 is 10.3 Å². The van der Waals surface area contributed by atoms with Crippen molar-refractivity contribution in [3.8, 4) is 10.7 Å². The van der Waals surface area contributed by atoms with Gasteiger partial charge in [-0.1, -0.05) is 5.16 Å². The second kappa shape index (κ2) is 5.37. The van der Waals surface area contributed by atoms with Crippen molar-refractivity contribution in [1.82, 2.24) is 20.3 Å². The predicted octanol–water partition coefficient (Wildman–Crippen LogP) is 2.78. The third-order valence-electron chi connectivity index (χ3n) is 2.75. The molecule has 3 aromatic rings. The summed E-state index contributed by atoms with van der Waals surface area (Å²) in [4.78, 5) is 4.71. The highest BCUT2D eigenvalue weighted by Gasteiger charge is 2.38. The summed E-state index contributed by atoms with van der Waals surface area (Å²) in [5.41, 5.74) is 6.49. The first-order valence-electron chi connectivity index (χ1n) is 5.99. The van der Waals surface area contributed by atoms with Crippen molar-refractivity contribution in [2.45, 2.75) is 12.6 Å². The summed E-state index contributed by atoms with van der Waals surface area (Å²) in [5, 5.41) is 10.7. The first-order chi connectivity index (χ1) is 10.4. The Bertz CT molecular complexity index is 798. The average molecular weight is 327 g/mol. The van der Waals surface area contributed by atoms with Crippen molar-refractivity contribution in [1.29, 1.82) is 0 Å². The smallest absolute Gasteiger partial charge is 0.382 e. The lowest BCUT2D eigenvalue weighted by atomic mass is 10.2. The van der Waals surface area contributed by atoms with Crippen molar-refractivity contribution < 1.29 is 17.7 Å². The number of alkyl halides is 3. The molecule has 0 aliphatic carbocycles. The Morgan fingerprint density at radius 2 is 2.05 bits per heavy atom. The molecule has 0 amide bonds. The van der Waals surface area contributed by atoms with Gasteiger partial charge in [-0.2, -0.15) is 23.3 Å². The minimum atomic E-state index is -4.65. The molecule has 0 radical (unpaired) electrons. The van der Waals surface area contributed by atoms with Crippen molar-refractivity contribution >= 4 is 17.2 Å². The minimum absolute atomic E-state index is 0.0931. The van der Waals surface area contributed by atoms with E-state index in [0.717, 1.165) is 10.4 Å². The van der Waals surface area contributed by atoms with E-state index in [9.17, 15) is 13.2 Å². The third kappa shape index (κ3) is 2.91. The molecule has 3 rings (SSSR count). The Morgan fingerprint density at radius 3 is 2.73 bits per heavy atom. The second-order valence-electron chi connectivity index (χ2n) is 4.31. The number of aromatic nitrogens is 4. The predicted molar refractivity (Wildman–Crippen MR) is 71.9 cm³/mol. The van der Waals surface area contributed by atoms with Crippen molar-refractivity contribution in [3.63, 3.8) is 0 Å². The van der Waals surface area contributed by atoms with Crippen LogP contribution in [0.4, 0.5) is 19.0 Å². The number of anilines is 1. The highest BCUT2D eigenvalue weighted by molar-refractivity contribution is 7.15. The van der Waals surface area contributed by atoms with Gasteiger partial charge in [-0.15, -0.1) is 16.4 Å². The minimum Gasteiger partial charge on any atom is -0.382 e. The largest absolute Gasteiger partial charge is 0.471 e. The topological polar surface area (TPSA) is 90.7 Å². The molecule has 0 aliphatic heterocycles. The summed E-state index contributed by atoms with van der Waals surface area (Å²) in [7, 11) is 0. The van der Waals surface area contributed by atoms with Crippen LogP contribution in [0.1, 0.15) is 16.3 Å². The lowest BCUT2D eigenvalue weighted by Crippen LogP contribution is -2.04. The molecule has 0 saturated heterocycles. The first-order valence-corrected chi connectivity index (χ1v) is 6.81. The van der Waals surface area contributed by atoms with Gasteiger partial charge in [-0.3, -0.25) is 0 Å². The zero-order valence-corrected chi connectivity index (χ0v) is 11.6. The van der Waals surface area contributed by atoms with Gasteiger partial charge in [0.15, 0.2) is 0 Å². The molecule has 0 fully saturated rings. The fraction of sp³-hybridized carbons (Fsp3) is 0.167. The lowest BCUT2D eigenvalue weighted by Gasteiger charge is -2.00. The molecule has 0 unspecified atom stereocenters. The Hall–Kier alpha value is -2.49. The molecule has 114 valence electrons. The zero-order chi connectivity index (χ0) is 15.7. The maximum absolute atomic E-state index is 12.4. The van der Waals surface area contributed by atoms with E-state index in [2.05, 4.69) is 24.9 Å². The van der Waals surface area contributed by atoms with Gasteiger partial charge in [0.05, 0.1) is 11.1 Å². The summed E-state index contributed by atoms with van der Waals surface area (Å²) in [6.45, 7) is 0.